The van der Waals surface area contributed by atoms with Crippen molar-refractivity contribution in [2.45, 2.75) is 44.6 Å². The Balaban J connectivity index is 1.57. The van der Waals surface area contributed by atoms with Gasteiger partial charge in [0.25, 0.3) is 0 Å². The molecule has 3 aliphatic rings. The lowest BCUT2D eigenvalue weighted by molar-refractivity contribution is 0.240. The molecule has 1 aromatic carbocycles. The number of likely N-dealkylation sites (tertiary alicyclic amines) is 1. The second-order valence-corrected chi connectivity index (χ2v) is 9.69. The molecule has 3 heterocycles. The van der Waals surface area contributed by atoms with Crippen LogP contribution in [-0.4, -0.2) is 53.3 Å². The molecule has 1 saturated heterocycles. The Morgan fingerprint density at radius 3 is 2.65 bits per heavy atom. The Kier molecular flexibility index (Phi) is 6.54. The first-order chi connectivity index (χ1) is 15.1. The van der Waals surface area contributed by atoms with Crippen LogP contribution < -0.4 is 10.9 Å². The number of allylic oxidation sites excluding steroid dienone is 1. The summed E-state index contributed by atoms with van der Waals surface area (Å²) in [5, 5.41) is 19.8. The molecule has 0 aliphatic carbocycles. The van der Waals surface area contributed by atoms with Gasteiger partial charge in [-0.25, -0.2) is 0 Å². The van der Waals surface area contributed by atoms with Crippen LogP contribution in [0.4, 0.5) is 0 Å². The third-order valence-corrected chi connectivity index (χ3v) is 7.44. The molecule has 3 N–H and O–H groups in total. The van der Waals surface area contributed by atoms with Gasteiger partial charge in [-0.1, -0.05) is 44.2 Å². The Hall–Kier alpha value is -2.50. The van der Waals surface area contributed by atoms with Crippen molar-refractivity contribution in [3.8, 4) is 6.07 Å². The fraction of sp³-hybridized carbons (Fsp3) is 0.522. The van der Waals surface area contributed by atoms with E-state index in [9.17, 15) is 10.4 Å². The van der Waals surface area contributed by atoms with Gasteiger partial charge < -0.3 is 15.4 Å². The lowest BCUT2D eigenvalue weighted by Crippen LogP contribution is -2.52. The summed E-state index contributed by atoms with van der Waals surface area (Å²) in [4.78, 5) is 13.0. The van der Waals surface area contributed by atoms with E-state index in [0.717, 1.165) is 60.2 Å². The standard InChI is InChI=1S/C23H30N6OS/c1-16(2)19(14-30)25-21-20-18(8-13-31-20)27-28-22(26-21)29-11-9-23(15-24,10-12-29)17-6-4-3-5-7-17/h3-7,16,19,27,30H,8-14H2,1-2H3,(H,25,26,28). The number of rotatable bonds is 4. The average molecular weight is 439 g/mol. The Labute approximate surface area is 188 Å². The predicted molar refractivity (Wildman–Crippen MR) is 125 cm³/mol. The molecule has 1 fully saturated rings. The fourth-order valence-electron chi connectivity index (χ4n) is 4.20. The zero-order chi connectivity index (χ0) is 21.8. The lowest BCUT2D eigenvalue weighted by atomic mass is 9.74. The molecule has 0 aromatic heterocycles. The van der Waals surface area contributed by atoms with Gasteiger partial charge in [-0.2, -0.15) is 10.3 Å². The van der Waals surface area contributed by atoms with Gasteiger partial charge in [-0.15, -0.1) is 11.8 Å². The first-order valence-electron chi connectivity index (χ1n) is 10.9. The van der Waals surface area contributed by atoms with Crippen molar-refractivity contribution in [1.82, 2.24) is 15.8 Å². The lowest BCUT2D eigenvalue weighted by Gasteiger charge is -2.38. The molecule has 3 aliphatic heterocycles. The van der Waals surface area contributed by atoms with Crippen LogP contribution in [0.1, 0.15) is 38.7 Å². The summed E-state index contributed by atoms with van der Waals surface area (Å²) in [5.41, 5.74) is 8.36. The van der Waals surface area contributed by atoms with Crippen molar-refractivity contribution in [2.75, 3.05) is 25.4 Å². The SMILES string of the molecule is CC(C)C(CO)N=C1N=C(N2CCC(C#N)(c3ccccc3)CC2)NNC2=C1SCC2. The number of aliphatic hydroxyl groups excluding tert-OH is 1. The smallest absolute Gasteiger partial charge is 0.219 e. The maximum atomic E-state index is 9.99. The van der Waals surface area contributed by atoms with Crippen LogP contribution in [0.2, 0.25) is 0 Å². The number of hydrogen-bond acceptors (Lipinski definition) is 7. The van der Waals surface area contributed by atoms with Crippen LogP contribution in [0.25, 0.3) is 0 Å². The van der Waals surface area contributed by atoms with Crippen molar-refractivity contribution < 1.29 is 5.11 Å². The van der Waals surface area contributed by atoms with E-state index >= 15 is 0 Å². The Morgan fingerprint density at radius 1 is 1.26 bits per heavy atom. The maximum absolute atomic E-state index is 9.99. The quantitative estimate of drug-likeness (QED) is 0.669. The summed E-state index contributed by atoms with van der Waals surface area (Å²) in [6, 6.07) is 12.5. The van der Waals surface area contributed by atoms with E-state index < -0.39 is 5.41 Å². The summed E-state index contributed by atoms with van der Waals surface area (Å²) in [6.07, 6.45) is 2.42. The van der Waals surface area contributed by atoms with Crippen LogP contribution in [0.5, 0.6) is 0 Å². The van der Waals surface area contributed by atoms with Crippen molar-refractivity contribution in [2.24, 2.45) is 15.9 Å². The molecule has 0 spiro atoms. The second-order valence-electron chi connectivity index (χ2n) is 8.59. The van der Waals surface area contributed by atoms with Crippen molar-refractivity contribution in [3.05, 3.63) is 46.5 Å². The molecular formula is C23H30N6OS. The van der Waals surface area contributed by atoms with E-state index in [1.165, 1.54) is 0 Å². The molecule has 0 bridgehead atoms. The van der Waals surface area contributed by atoms with Gasteiger partial charge in [-0.05, 0) is 30.7 Å². The van der Waals surface area contributed by atoms with E-state index in [4.69, 9.17) is 9.98 Å². The number of hydrazine groups is 1. The minimum atomic E-state index is -0.455. The fourth-order valence-corrected chi connectivity index (χ4v) is 5.27. The second kappa shape index (κ2) is 9.33. The van der Waals surface area contributed by atoms with Crippen LogP contribution in [0.15, 0.2) is 50.9 Å². The molecule has 1 atom stereocenters. The van der Waals surface area contributed by atoms with E-state index in [-0.39, 0.29) is 18.6 Å². The van der Waals surface area contributed by atoms with Gasteiger partial charge in [0.2, 0.25) is 5.96 Å². The van der Waals surface area contributed by atoms with Crippen LogP contribution in [0.3, 0.4) is 0 Å². The van der Waals surface area contributed by atoms with Crippen LogP contribution in [0, 0.1) is 17.2 Å². The van der Waals surface area contributed by atoms with Gasteiger partial charge in [-0.3, -0.25) is 10.4 Å². The number of aliphatic hydroxyl groups is 1. The first-order valence-corrected chi connectivity index (χ1v) is 11.9. The number of thioether (sulfide) groups is 1. The normalized spacial score (nSPS) is 22.9. The summed E-state index contributed by atoms with van der Waals surface area (Å²) >= 11 is 1.76. The van der Waals surface area contributed by atoms with Crippen molar-refractivity contribution in [3.63, 3.8) is 0 Å². The molecule has 164 valence electrons. The highest BCUT2D eigenvalue weighted by Crippen LogP contribution is 2.36. The molecule has 1 unspecified atom stereocenters. The molecule has 0 amide bonds. The molecule has 0 radical (unpaired) electrons. The highest BCUT2D eigenvalue weighted by molar-refractivity contribution is 8.04. The predicted octanol–water partition coefficient (Wildman–Crippen LogP) is 2.77. The van der Waals surface area contributed by atoms with Gasteiger partial charge >= 0.3 is 0 Å². The number of amidine groups is 1. The number of hydrogen-bond donors (Lipinski definition) is 3. The summed E-state index contributed by atoms with van der Waals surface area (Å²) in [5.74, 6) is 2.65. The maximum Gasteiger partial charge on any atom is 0.219 e. The van der Waals surface area contributed by atoms with Crippen LogP contribution in [-0.2, 0) is 5.41 Å². The molecule has 0 saturated carbocycles. The van der Waals surface area contributed by atoms with Crippen molar-refractivity contribution >= 4 is 23.6 Å². The molecule has 8 heteroatoms. The zero-order valence-corrected chi connectivity index (χ0v) is 19.0. The van der Waals surface area contributed by atoms with E-state index in [1.807, 2.05) is 18.2 Å². The number of aliphatic imine (C=N–C) groups is 2. The van der Waals surface area contributed by atoms with Gasteiger partial charge in [0.05, 0.1) is 29.0 Å². The van der Waals surface area contributed by atoms with E-state index in [1.54, 1.807) is 11.8 Å². The molecular weight excluding hydrogens is 408 g/mol. The molecule has 7 nitrogen and oxygen atoms in total. The zero-order valence-electron chi connectivity index (χ0n) is 18.1. The van der Waals surface area contributed by atoms with Gasteiger partial charge in [0.15, 0.2) is 5.84 Å². The largest absolute Gasteiger partial charge is 0.394 e. The topological polar surface area (TPSA) is 96.0 Å². The van der Waals surface area contributed by atoms with Crippen molar-refractivity contribution in [1.29, 1.82) is 5.26 Å². The summed E-state index contributed by atoms with van der Waals surface area (Å²) < 4.78 is 0. The minimum Gasteiger partial charge on any atom is -0.394 e. The molecule has 4 rings (SSSR count). The third kappa shape index (κ3) is 4.43. The first kappa shape index (κ1) is 21.7. The summed E-state index contributed by atoms with van der Waals surface area (Å²) in [6.45, 7) is 5.60. The number of nitrogens with zero attached hydrogens (tertiary/aromatic N) is 4. The van der Waals surface area contributed by atoms with Crippen LogP contribution >= 0.6 is 11.8 Å². The summed E-state index contributed by atoms with van der Waals surface area (Å²) in [7, 11) is 0. The minimum absolute atomic E-state index is 0.00559. The monoisotopic (exact) mass is 438 g/mol. The molecule has 1 aromatic rings. The number of nitrogens with one attached hydrogen (secondary N) is 2. The highest BCUT2D eigenvalue weighted by atomic mass is 32.2. The Morgan fingerprint density at radius 2 is 2.00 bits per heavy atom. The number of piperidine rings is 1. The van der Waals surface area contributed by atoms with E-state index in [0.29, 0.717) is 5.84 Å². The third-order valence-electron chi connectivity index (χ3n) is 6.31. The Bertz CT molecular complexity index is 925. The number of benzene rings is 1. The average Bonchev–Trinajstić information content (AvgIpc) is 3.21. The van der Waals surface area contributed by atoms with E-state index in [2.05, 4.69) is 47.8 Å². The number of nitriles is 1. The molecule has 31 heavy (non-hydrogen) atoms. The van der Waals surface area contributed by atoms with Gasteiger partial charge in [0, 0.05) is 24.5 Å². The number of guanidine groups is 1. The highest BCUT2D eigenvalue weighted by Gasteiger charge is 2.38. The van der Waals surface area contributed by atoms with Gasteiger partial charge in [0.1, 0.15) is 0 Å².